The lowest BCUT2D eigenvalue weighted by Gasteiger charge is -2.26. The fraction of sp³-hybridized carbons (Fsp3) is 0.280. The number of fused-ring (bicyclic) bond motifs is 1. The first-order chi connectivity index (χ1) is 16.0. The maximum atomic E-state index is 13.4. The Morgan fingerprint density at radius 2 is 1.79 bits per heavy atom. The zero-order chi connectivity index (χ0) is 22.9. The van der Waals surface area contributed by atoms with Crippen molar-refractivity contribution in [2.24, 2.45) is 0 Å². The minimum Gasteiger partial charge on any atom is -0.372 e. The van der Waals surface area contributed by atoms with E-state index in [-0.39, 0.29) is 18.3 Å². The summed E-state index contributed by atoms with van der Waals surface area (Å²) >= 11 is 12.7. The number of hydrogen-bond donors (Lipinski definition) is 0. The van der Waals surface area contributed by atoms with Gasteiger partial charge in [-0.15, -0.1) is 0 Å². The van der Waals surface area contributed by atoms with Gasteiger partial charge in [0.1, 0.15) is 5.82 Å². The van der Waals surface area contributed by atoms with Gasteiger partial charge < -0.3 is 9.64 Å². The molecule has 0 bridgehead atoms. The van der Waals surface area contributed by atoms with Crippen LogP contribution in [0, 0.1) is 5.82 Å². The monoisotopic (exact) mass is 485 g/mol. The van der Waals surface area contributed by atoms with Gasteiger partial charge in [0.05, 0.1) is 29.6 Å². The zero-order valence-electron chi connectivity index (χ0n) is 17.9. The van der Waals surface area contributed by atoms with Crippen molar-refractivity contribution in [2.45, 2.75) is 25.9 Å². The predicted octanol–water partition coefficient (Wildman–Crippen LogP) is 6.02. The number of carbonyl (C=O) groups excluding carboxylic acids is 1. The first-order valence-electron chi connectivity index (χ1n) is 10.9. The molecule has 0 radical (unpaired) electrons. The molecular formula is C25H22Cl2FN3O2. The summed E-state index contributed by atoms with van der Waals surface area (Å²) in [7, 11) is 0. The third-order valence-electron chi connectivity index (χ3n) is 5.99. The molecule has 0 saturated carbocycles. The molecular weight excluding hydrogens is 464 g/mol. The quantitative estimate of drug-likeness (QED) is 0.455. The number of aromatic nitrogens is 2. The Balaban J connectivity index is 1.67. The van der Waals surface area contributed by atoms with Crippen molar-refractivity contribution in [3.63, 3.8) is 0 Å². The number of likely N-dealkylation sites (tertiary alicyclic amines) is 1. The summed E-state index contributed by atoms with van der Waals surface area (Å²) in [5.41, 5.74) is 4.16. The fourth-order valence-corrected chi connectivity index (χ4v) is 4.85. The summed E-state index contributed by atoms with van der Waals surface area (Å²) in [4.78, 5) is 15.3. The first-order valence-corrected chi connectivity index (χ1v) is 11.7. The third kappa shape index (κ3) is 4.43. The number of piperidine rings is 1. The lowest BCUT2D eigenvalue weighted by Crippen LogP contribution is -2.36. The maximum absolute atomic E-state index is 13.4. The molecule has 170 valence electrons. The Hall–Kier alpha value is -2.67. The summed E-state index contributed by atoms with van der Waals surface area (Å²) in [6.45, 7) is 2.05. The van der Waals surface area contributed by atoms with E-state index < -0.39 is 0 Å². The Morgan fingerprint density at radius 1 is 1.03 bits per heavy atom. The molecule has 2 aromatic carbocycles. The lowest BCUT2D eigenvalue weighted by atomic mass is 10.0. The summed E-state index contributed by atoms with van der Waals surface area (Å²) < 4.78 is 21.0. The molecule has 0 unspecified atom stereocenters. The lowest BCUT2D eigenvalue weighted by molar-refractivity contribution is 0.0711. The minimum absolute atomic E-state index is 0.0959. The molecule has 8 heteroatoms. The number of rotatable bonds is 3. The fourth-order valence-electron chi connectivity index (χ4n) is 4.36. The van der Waals surface area contributed by atoms with Crippen molar-refractivity contribution < 1.29 is 13.9 Å². The van der Waals surface area contributed by atoms with Crippen LogP contribution in [-0.2, 0) is 11.3 Å². The van der Waals surface area contributed by atoms with Crippen LogP contribution in [0.2, 0.25) is 10.0 Å². The van der Waals surface area contributed by atoms with Crippen molar-refractivity contribution >= 4 is 40.8 Å². The van der Waals surface area contributed by atoms with Crippen LogP contribution in [0.25, 0.3) is 17.3 Å². The molecule has 0 N–H and O–H groups in total. The molecule has 1 aromatic heterocycles. The van der Waals surface area contributed by atoms with Crippen molar-refractivity contribution in [3.8, 4) is 5.69 Å². The van der Waals surface area contributed by atoms with E-state index in [4.69, 9.17) is 33.0 Å². The second-order valence-corrected chi connectivity index (χ2v) is 9.09. The van der Waals surface area contributed by atoms with Gasteiger partial charge in [-0.1, -0.05) is 35.3 Å². The zero-order valence-corrected chi connectivity index (χ0v) is 19.4. The maximum Gasteiger partial charge on any atom is 0.274 e. The van der Waals surface area contributed by atoms with Crippen LogP contribution in [0.15, 0.2) is 42.5 Å². The molecule has 33 heavy (non-hydrogen) atoms. The van der Waals surface area contributed by atoms with E-state index >= 15 is 0 Å². The second-order valence-electron chi connectivity index (χ2n) is 8.25. The van der Waals surface area contributed by atoms with Crippen LogP contribution in [0.5, 0.6) is 0 Å². The summed E-state index contributed by atoms with van der Waals surface area (Å²) in [5.74, 6) is -0.397. The van der Waals surface area contributed by atoms with E-state index in [1.165, 1.54) is 12.1 Å². The van der Waals surface area contributed by atoms with Crippen LogP contribution in [0.3, 0.4) is 0 Å². The SMILES string of the molecule is O=C(c1nn(-c2ccc(Cl)cc2Cl)c2c1COC/C2=C\c1ccc(F)cc1)N1CCCCC1. The number of carbonyl (C=O) groups is 1. The van der Waals surface area contributed by atoms with Crippen molar-refractivity contribution in [2.75, 3.05) is 19.7 Å². The van der Waals surface area contributed by atoms with Crippen LogP contribution >= 0.6 is 23.2 Å². The molecule has 1 fully saturated rings. The Labute approximate surface area is 201 Å². The van der Waals surface area contributed by atoms with Crippen molar-refractivity contribution in [1.29, 1.82) is 0 Å². The normalized spacial score (nSPS) is 17.3. The minimum atomic E-state index is -0.301. The van der Waals surface area contributed by atoms with E-state index in [9.17, 15) is 9.18 Å². The molecule has 0 spiro atoms. The van der Waals surface area contributed by atoms with Gasteiger partial charge in [0.15, 0.2) is 5.69 Å². The molecule has 2 aliphatic rings. The molecule has 1 amide bonds. The highest BCUT2D eigenvalue weighted by atomic mass is 35.5. The Morgan fingerprint density at radius 3 is 2.52 bits per heavy atom. The number of halogens is 3. The van der Waals surface area contributed by atoms with Crippen LogP contribution in [0.4, 0.5) is 4.39 Å². The number of amides is 1. The van der Waals surface area contributed by atoms with Gasteiger partial charge in [0.2, 0.25) is 0 Å². The van der Waals surface area contributed by atoms with Gasteiger partial charge in [0.25, 0.3) is 5.91 Å². The molecule has 1 saturated heterocycles. The number of hydrogen-bond acceptors (Lipinski definition) is 3. The number of ether oxygens (including phenoxy) is 1. The van der Waals surface area contributed by atoms with Gasteiger partial charge in [0, 0.05) is 29.2 Å². The van der Waals surface area contributed by atoms with E-state index in [0.29, 0.717) is 28.0 Å². The van der Waals surface area contributed by atoms with Gasteiger partial charge in [-0.25, -0.2) is 9.07 Å². The topological polar surface area (TPSA) is 47.4 Å². The van der Waals surface area contributed by atoms with Gasteiger partial charge >= 0.3 is 0 Å². The third-order valence-corrected chi connectivity index (χ3v) is 6.52. The predicted molar refractivity (Wildman–Crippen MR) is 127 cm³/mol. The van der Waals surface area contributed by atoms with Gasteiger partial charge in [-0.2, -0.15) is 5.10 Å². The summed E-state index contributed by atoms with van der Waals surface area (Å²) in [5, 5.41) is 5.69. The molecule has 0 aliphatic carbocycles. The van der Waals surface area contributed by atoms with Gasteiger partial charge in [-0.05, 0) is 61.2 Å². The van der Waals surface area contributed by atoms with Gasteiger partial charge in [-0.3, -0.25) is 4.79 Å². The number of benzene rings is 2. The molecule has 0 atom stereocenters. The van der Waals surface area contributed by atoms with E-state index in [1.54, 1.807) is 35.0 Å². The average molecular weight is 486 g/mol. The highest BCUT2D eigenvalue weighted by Crippen LogP contribution is 2.35. The molecule has 5 nitrogen and oxygen atoms in total. The highest BCUT2D eigenvalue weighted by Gasteiger charge is 2.32. The second kappa shape index (κ2) is 9.29. The standard InChI is InChI=1S/C25H22Cl2FN3O2/c26-18-6-9-22(21(27)13-18)31-24-17(12-16-4-7-19(28)8-5-16)14-33-15-20(24)23(29-31)25(32)30-10-2-1-3-11-30/h4-9,12-13H,1-3,10-11,14-15H2/b17-12+. The Bertz CT molecular complexity index is 1230. The van der Waals surface area contributed by atoms with Crippen LogP contribution in [-0.4, -0.2) is 40.3 Å². The van der Waals surface area contributed by atoms with E-state index in [0.717, 1.165) is 54.7 Å². The Kier molecular flexibility index (Phi) is 6.23. The smallest absolute Gasteiger partial charge is 0.274 e. The molecule has 2 aliphatic heterocycles. The average Bonchev–Trinajstić information content (AvgIpc) is 3.21. The van der Waals surface area contributed by atoms with Crippen LogP contribution < -0.4 is 0 Å². The van der Waals surface area contributed by atoms with E-state index in [2.05, 4.69) is 0 Å². The molecule has 3 aromatic rings. The van der Waals surface area contributed by atoms with Crippen molar-refractivity contribution in [1.82, 2.24) is 14.7 Å². The van der Waals surface area contributed by atoms with Crippen molar-refractivity contribution in [3.05, 3.63) is 80.8 Å². The summed E-state index contributed by atoms with van der Waals surface area (Å²) in [6.07, 6.45) is 5.03. The summed E-state index contributed by atoms with van der Waals surface area (Å²) in [6, 6.07) is 11.4. The highest BCUT2D eigenvalue weighted by molar-refractivity contribution is 6.35. The molecule has 3 heterocycles. The molecule has 5 rings (SSSR count). The van der Waals surface area contributed by atoms with Crippen LogP contribution in [0.1, 0.15) is 46.6 Å². The first kappa shape index (κ1) is 22.1. The largest absolute Gasteiger partial charge is 0.372 e. The van der Waals surface area contributed by atoms with E-state index in [1.807, 2.05) is 11.0 Å². The number of nitrogens with zero attached hydrogens (tertiary/aromatic N) is 3.